The van der Waals surface area contributed by atoms with E-state index in [0.717, 1.165) is 36.6 Å². The van der Waals surface area contributed by atoms with Crippen LogP contribution in [0, 0.1) is 5.92 Å². The number of nitrogens with zero attached hydrogens (tertiary/aromatic N) is 1. The lowest BCUT2D eigenvalue weighted by molar-refractivity contribution is 0.103. The van der Waals surface area contributed by atoms with Gasteiger partial charge in [0.15, 0.2) is 0 Å². The van der Waals surface area contributed by atoms with Crippen LogP contribution in [-0.2, 0) is 0 Å². The molecule has 23 heavy (non-hydrogen) atoms. The molecule has 1 saturated carbocycles. The Kier molecular flexibility index (Phi) is 9.24. The first-order valence-corrected chi connectivity index (χ1v) is 8.98. The van der Waals surface area contributed by atoms with E-state index < -0.39 is 0 Å². The summed E-state index contributed by atoms with van der Waals surface area (Å²) >= 11 is 3.71. The van der Waals surface area contributed by atoms with Gasteiger partial charge in [0.2, 0.25) is 0 Å². The topological polar surface area (TPSA) is 35.5 Å². The summed E-state index contributed by atoms with van der Waals surface area (Å²) < 4.78 is 1.13. The molecule has 1 heterocycles. The second-order valence-corrected chi connectivity index (χ2v) is 7.19. The fraction of sp³-hybridized carbons (Fsp3) is 0.647. The SMILES string of the molecule is Cl.Cl.Oc1ccc(Br)c([C@@H](C2CCCCC2)N2CCNCC2)c1. The molecule has 2 aliphatic rings. The lowest BCUT2D eigenvalue weighted by Gasteiger charge is -2.41. The lowest BCUT2D eigenvalue weighted by Crippen LogP contribution is -2.47. The molecule has 1 aromatic carbocycles. The number of hydrogen-bond donors (Lipinski definition) is 2. The summed E-state index contributed by atoms with van der Waals surface area (Å²) in [7, 11) is 0. The van der Waals surface area contributed by atoms with E-state index in [1.54, 1.807) is 6.07 Å². The molecule has 3 nitrogen and oxygen atoms in total. The third-order valence-electron chi connectivity index (χ3n) is 4.94. The molecule has 0 unspecified atom stereocenters. The maximum Gasteiger partial charge on any atom is 0.115 e. The van der Waals surface area contributed by atoms with E-state index in [-0.39, 0.29) is 24.8 Å². The molecule has 1 saturated heterocycles. The largest absolute Gasteiger partial charge is 0.508 e. The predicted molar refractivity (Wildman–Crippen MR) is 104 cm³/mol. The second kappa shape index (κ2) is 10.1. The van der Waals surface area contributed by atoms with Crippen LogP contribution in [0.1, 0.15) is 43.7 Å². The van der Waals surface area contributed by atoms with Crippen LogP contribution in [0.3, 0.4) is 0 Å². The highest BCUT2D eigenvalue weighted by Gasteiger charge is 2.32. The van der Waals surface area contributed by atoms with Crippen LogP contribution in [0.2, 0.25) is 0 Å². The normalized spacial score (nSPS) is 21.1. The lowest BCUT2D eigenvalue weighted by atomic mass is 9.80. The molecular weight excluding hydrogens is 399 g/mol. The molecule has 1 aliphatic heterocycles. The van der Waals surface area contributed by atoms with Crippen molar-refractivity contribution in [3.8, 4) is 5.75 Å². The highest BCUT2D eigenvalue weighted by atomic mass is 79.9. The quantitative estimate of drug-likeness (QED) is 0.746. The maximum absolute atomic E-state index is 9.93. The van der Waals surface area contributed by atoms with E-state index >= 15 is 0 Å². The van der Waals surface area contributed by atoms with Crippen molar-refractivity contribution in [2.24, 2.45) is 5.92 Å². The van der Waals surface area contributed by atoms with Crippen molar-refractivity contribution in [1.82, 2.24) is 10.2 Å². The van der Waals surface area contributed by atoms with Crippen LogP contribution >= 0.6 is 40.7 Å². The Bertz CT molecular complexity index is 460. The second-order valence-electron chi connectivity index (χ2n) is 6.33. The van der Waals surface area contributed by atoms with Crippen molar-refractivity contribution in [1.29, 1.82) is 0 Å². The highest BCUT2D eigenvalue weighted by molar-refractivity contribution is 9.10. The first kappa shape index (κ1) is 21.0. The molecule has 1 aromatic rings. The van der Waals surface area contributed by atoms with E-state index in [1.807, 2.05) is 12.1 Å². The van der Waals surface area contributed by atoms with Crippen molar-refractivity contribution in [2.45, 2.75) is 38.1 Å². The minimum atomic E-state index is 0. The average molecular weight is 426 g/mol. The van der Waals surface area contributed by atoms with Gasteiger partial charge in [0.25, 0.3) is 0 Å². The molecular formula is C17H27BrCl2N2O. The molecule has 2 fully saturated rings. The number of halogens is 3. The van der Waals surface area contributed by atoms with Crippen molar-refractivity contribution in [2.75, 3.05) is 26.2 Å². The Morgan fingerprint density at radius 1 is 1.09 bits per heavy atom. The molecule has 1 aliphatic carbocycles. The predicted octanol–water partition coefficient (Wildman–Crippen LogP) is 4.52. The molecule has 0 radical (unpaired) electrons. The molecule has 6 heteroatoms. The maximum atomic E-state index is 9.93. The fourth-order valence-corrected chi connectivity index (χ4v) is 4.40. The third-order valence-corrected chi connectivity index (χ3v) is 5.66. The molecule has 132 valence electrons. The van der Waals surface area contributed by atoms with E-state index in [9.17, 15) is 5.11 Å². The van der Waals surface area contributed by atoms with E-state index in [0.29, 0.717) is 11.8 Å². The van der Waals surface area contributed by atoms with Gasteiger partial charge in [-0.2, -0.15) is 0 Å². The summed E-state index contributed by atoms with van der Waals surface area (Å²) in [5.41, 5.74) is 1.27. The van der Waals surface area contributed by atoms with Gasteiger partial charge in [-0.05, 0) is 42.5 Å². The molecule has 1 atom stereocenters. The summed E-state index contributed by atoms with van der Waals surface area (Å²) in [6.45, 7) is 4.34. The molecule has 0 bridgehead atoms. The molecule has 3 rings (SSSR count). The minimum absolute atomic E-state index is 0. The van der Waals surface area contributed by atoms with Gasteiger partial charge in [-0.3, -0.25) is 4.90 Å². The monoisotopic (exact) mass is 424 g/mol. The molecule has 0 aromatic heterocycles. The van der Waals surface area contributed by atoms with Crippen molar-refractivity contribution >= 4 is 40.7 Å². The zero-order valence-electron chi connectivity index (χ0n) is 13.3. The third kappa shape index (κ3) is 5.23. The van der Waals surface area contributed by atoms with Crippen LogP contribution in [0.5, 0.6) is 5.75 Å². The smallest absolute Gasteiger partial charge is 0.115 e. The Morgan fingerprint density at radius 3 is 2.39 bits per heavy atom. The number of phenols is 1. The Balaban J connectivity index is 0.00000132. The number of rotatable bonds is 3. The van der Waals surface area contributed by atoms with Crippen molar-refractivity contribution < 1.29 is 5.11 Å². The van der Waals surface area contributed by atoms with Gasteiger partial charge in [0, 0.05) is 36.7 Å². The van der Waals surface area contributed by atoms with Crippen LogP contribution in [-0.4, -0.2) is 36.2 Å². The standard InChI is InChI=1S/C17H25BrN2O.2ClH/c18-16-7-6-14(21)12-15(16)17(13-4-2-1-3-5-13)20-10-8-19-9-11-20;;/h6-7,12-13,17,19,21H,1-5,8-11H2;2*1H/t17-;;/m1../s1. The number of nitrogens with one attached hydrogen (secondary N) is 1. The van der Waals surface area contributed by atoms with Crippen LogP contribution < -0.4 is 5.32 Å². The van der Waals surface area contributed by atoms with Crippen molar-refractivity contribution in [3.05, 3.63) is 28.2 Å². The van der Waals surface area contributed by atoms with E-state index in [4.69, 9.17) is 0 Å². The van der Waals surface area contributed by atoms with Gasteiger partial charge in [-0.15, -0.1) is 24.8 Å². The van der Waals surface area contributed by atoms with Gasteiger partial charge in [-0.1, -0.05) is 35.2 Å². The summed E-state index contributed by atoms with van der Waals surface area (Å²) in [5, 5.41) is 13.4. The number of benzene rings is 1. The zero-order valence-corrected chi connectivity index (χ0v) is 16.6. The first-order valence-electron chi connectivity index (χ1n) is 8.19. The van der Waals surface area contributed by atoms with Crippen molar-refractivity contribution in [3.63, 3.8) is 0 Å². The van der Waals surface area contributed by atoms with Gasteiger partial charge < -0.3 is 10.4 Å². The fourth-order valence-electron chi connectivity index (χ4n) is 3.92. The summed E-state index contributed by atoms with van der Waals surface area (Å²) in [6, 6.07) is 6.16. The summed E-state index contributed by atoms with van der Waals surface area (Å²) in [4.78, 5) is 2.62. The molecule has 2 N–H and O–H groups in total. The van der Waals surface area contributed by atoms with Crippen LogP contribution in [0.25, 0.3) is 0 Å². The highest BCUT2D eigenvalue weighted by Crippen LogP contribution is 2.41. The van der Waals surface area contributed by atoms with Gasteiger partial charge in [0.05, 0.1) is 0 Å². The van der Waals surface area contributed by atoms with Gasteiger partial charge >= 0.3 is 0 Å². The van der Waals surface area contributed by atoms with E-state index in [1.165, 1.54) is 37.7 Å². The summed E-state index contributed by atoms with van der Waals surface area (Å²) in [6.07, 6.45) is 6.72. The number of piperazine rings is 1. The number of phenolic OH excluding ortho intramolecular Hbond substituents is 1. The first-order chi connectivity index (χ1) is 10.3. The Hall–Kier alpha value is -0.000000000000000111. The van der Waals surface area contributed by atoms with Crippen LogP contribution in [0.15, 0.2) is 22.7 Å². The Labute approximate surface area is 160 Å². The van der Waals surface area contributed by atoms with Gasteiger partial charge in [-0.25, -0.2) is 0 Å². The summed E-state index contributed by atoms with van der Waals surface area (Å²) in [5.74, 6) is 1.10. The average Bonchev–Trinajstić information content (AvgIpc) is 2.53. The van der Waals surface area contributed by atoms with Crippen LogP contribution in [0.4, 0.5) is 0 Å². The minimum Gasteiger partial charge on any atom is -0.508 e. The van der Waals surface area contributed by atoms with Gasteiger partial charge in [0.1, 0.15) is 5.75 Å². The molecule has 0 amide bonds. The number of aromatic hydroxyl groups is 1. The number of hydrogen-bond acceptors (Lipinski definition) is 3. The molecule has 0 spiro atoms. The zero-order chi connectivity index (χ0) is 14.7. The van der Waals surface area contributed by atoms with E-state index in [2.05, 4.69) is 26.1 Å². The Morgan fingerprint density at radius 2 is 1.74 bits per heavy atom.